The van der Waals surface area contributed by atoms with Gasteiger partial charge in [-0.15, -0.1) is 0 Å². The minimum Gasteiger partial charge on any atom is -0.468 e. The zero-order chi connectivity index (χ0) is 12.0. The molecule has 0 aliphatic rings. The monoisotopic (exact) mass is 243 g/mol. The fourth-order valence-corrected chi connectivity index (χ4v) is 1.34. The molecular weight excluding hydrogens is 233 g/mol. The normalized spacial score (nSPS) is 9.44. The summed E-state index contributed by atoms with van der Waals surface area (Å²) < 4.78 is 16.8. The molecule has 2 rings (SSSR count). The van der Waals surface area contributed by atoms with E-state index in [-0.39, 0.29) is 5.82 Å². The van der Waals surface area contributed by atoms with Gasteiger partial charge in [0.1, 0.15) is 5.82 Å². The van der Waals surface area contributed by atoms with Crippen molar-refractivity contribution >= 4 is 29.0 Å². The number of nitrogens with one attached hydrogen (secondary N) is 1. The van der Waals surface area contributed by atoms with Gasteiger partial charge in [-0.05, 0) is 25.1 Å². The molecule has 1 aromatic carbocycles. The number of H-pyrrole nitrogens is 1. The summed E-state index contributed by atoms with van der Waals surface area (Å²) in [5.74, 6) is -0.265. The van der Waals surface area contributed by atoms with Gasteiger partial charge in [0.2, 0.25) is 0 Å². The number of benzene rings is 1. The number of rotatable bonds is 2. The van der Waals surface area contributed by atoms with Crippen molar-refractivity contribution in [3.8, 4) is 0 Å². The van der Waals surface area contributed by atoms with E-state index in [4.69, 9.17) is 11.6 Å². The Labute approximate surface area is 97.2 Å². The van der Waals surface area contributed by atoms with Gasteiger partial charge in [-0.1, -0.05) is 11.6 Å². The maximum absolute atomic E-state index is 12.6. The van der Waals surface area contributed by atoms with E-state index in [2.05, 4.69) is 9.72 Å². The highest BCUT2D eigenvalue weighted by molar-refractivity contribution is 6.35. The maximum Gasteiger partial charge on any atom is 0.293 e. The molecule has 86 valence electrons. The molecule has 0 bridgehead atoms. The lowest BCUT2D eigenvalue weighted by Gasteiger charge is -1.89. The van der Waals surface area contributed by atoms with Crippen LogP contribution in [0.25, 0.3) is 10.9 Å². The quantitative estimate of drug-likeness (QED) is 0.824. The number of halogens is 2. The van der Waals surface area contributed by atoms with Crippen LogP contribution in [0, 0.1) is 5.82 Å². The van der Waals surface area contributed by atoms with E-state index in [0.29, 0.717) is 18.1 Å². The summed E-state index contributed by atoms with van der Waals surface area (Å²) in [6.07, 6.45) is 1.64. The van der Waals surface area contributed by atoms with Crippen LogP contribution in [0.1, 0.15) is 6.92 Å². The van der Waals surface area contributed by atoms with Crippen molar-refractivity contribution in [2.45, 2.75) is 6.92 Å². The molecule has 0 spiro atoms. The van der Waals surface area contributed by atoms with Gasteiger partial charge >= 0.3 is 0 Å². The van der Waals surface area contributed by atoms with E-state index >= 15 is 0 Å². The second kappa shape index (κ2) is 6.12. The highest BCUT2D eigenvalue weighted by Gasteiger charge is 2.00. The van der Waals surface area contributed by atoms with Crippen LogP contribution in [0.15, 0.2) is 24.4 Å². The van der Waals surface area contributed by atoms with Crippen molar-refractivity contribution in [1.29, 1.82) is 0 Å². The van der Waals surface area contributed by atoms with Gasteiger partial charge in [-0.2, -0.15) is 0 Å². The van der Waals surface area contributed by atoms with Crippen molar-refractivity contribution in [1.82, 2.24) is 4.98 Å². The van der Waals surface area contributed by atoms with Crippen LogP contribution in [0.5, 0.6) is 0 Å². The number of ether oxygens (including phenoxy) is 1. The first-order valence-corrected chi connectivity index (χ1v) is 5.04. The zero-order valence-electron chi connectivity index (χ0n) is 8.67. The lowest BCUT2D eigenvalue weighted by atomic mass is 10.2. The number of carbonyl (C=O) groups is 1. The number of fused-ring (bicyclic) bond motifs is 1. The third kappa shape index (κ3) is 3.24. The van der Waals surface area contributed by atoms with E-state index < -0.39 is 0 Å². The summed E-state index contributed by atoms with van der Waals surface area (Å²) in [4.78, 5) is 12.1. The Morgan fingerprint density at radius 1 is 1.56 bits per heavy atom. The SMILES string of the molecule is CCOC=O.Fc1ccc2[nH]cc(Cl)c2c1. The van der Waals surface area contributed by atoms with Gasteiger partial charge in [0.05, 0.1) is 11.6 Å². The van der Waals surface area contributed by atoms with E-state index in [1.807, 2.05) is 0 Å². The number of carbonyl (C=O) groups excluding carboxylic acids is 1. The van der Waals surface area contributed by atoms with Gasteiger partial charge in [0.25, 0.3) is 6.47 Å². The second-order valence-electron chi connectivity index (χ2n) is 2.88. The van der Waals surface area contributed by atoms with Crippen LogP contribution >= 0.6 is 11.6 Å². The topological polar surface area (TPSA) is 42.1 Å². The molecule has 0 radical (unpaired) electrons. The molecule has 0 aliphatic heterocycles. The van der Waals surface area contributed by atoms with Crippen LogP contribution in [-0.2, 0) is 9.53 Å². The summed E-state index contributed by atoms with van der Waals surface area (Å²) >= 11 is 5.75. The van der Waals surface area contributed by atoms with Crippen LogP contribution in [0.4, 0.5) is 4.39 Å². The van der Waals surface area contributed by atoms with E-state index in [1.54, 1.807) is 19.2 Å². The summed E-state index contributed by atoms with van der Waals surface area (Å²) in [5, 5.41) is 1.28. The molecule has 0 aliphatic carbocycles. The van der Waals surface area contributed by atoms with Gasteiger partial charge in [-0.25, -0.2) is 4.39 Å². The predicted molar refractivity (Wildman–Crippen MR) is 61.0 cm³/mol. The molecular formula is C11H11ClFNO2. The Morgan fingerprint density at radius 2 is 2.31 bits per heavy atom. The number of aromatic nitrogens is 1. The highest BCUT2D eigenvalue weighted by Crippen LogP contribution is 2.22. The fraction of sp³-hybridized carbons (Fsp3) is 0.182. The predicted octanol–water partition coefficient (Wildman–Crippen LogP) is 3.14. The standard InChI is InChI=1S/C8H5ClFN.C3H6O2/c9-7-4-11-8-2-1-5(10)3-6(7)8;1-2-5-3-4/h1-4,11H;3H,2H2,1H3. The number of hydrogen-bond acceptors (Lipinski definition) is 2. The van der Waals surface area contributed by atoms with Crippen LogP contribution < -0.4 is 0 Å². The third-order valence-corrected chi connectivity index (χ3v) is 2.14. The van der Waals surface area contributed by atoms with E-state index in [9.17, 15) is 9.18 Å². The summed E-state index contributed by atoms with van der Waals surface area (Å²) in [6.45, 7) is 2.66. The van der Waals surface area contributed by atoms with Crippen molar-refractivity contribution in [2.75, 3.05) is 6.61 Å². The average molecular weight is 244 g/mol. The third-order valence-electron chi connectivity index (χ3n) is 1.83. The van der Waals surface area contributed by atoms with Crippen LogP contribution in [-0.4, -0.2) is 18.1 Å². The Kier molecular flexibility index (Phi) is 4.79. The first kappa shape index (κ1) is 12.5. The van der Waals surface area contributed by atoms with Crippen LogP contribution in [0.2, 0.25) is 5.02 Å². The molecule has 0 unspecified atom stereocenters. The van der Waals surface area contributed by atoms with Crippen molar-refractivity contribution in [3.05, 3.63) is 35.2 Å². The lowest BCUT2D eigenvalue weighted by Crippen LogP contribution is -1.80. The molecule has 16 heavy (non-hydrogen) atoms. The number of aromatic amines is 1. The van der Waals surface area contributed by atoms with E-state index in [1.165, 1.54) is 12.1 Å². The molecule has 0 saturated carbocycles. The van der Waals surface area contributed by atoms with Crippen molar-refractivity contribution in [2.24, 2.45) is 0 Å². The zero-order valence-corrected chi connectivity index (χ0v) is 9.42. The van der Waals surface area contributed by atoms with Crippen molar-refractivity contribution < 1.29 is 13.9 Å². The van der Waals surface area contributed by atoms with E-state index in [0.717, 1.165) is 10.9 Å². The Hall–Kier alpha value is -1.55. The van der Waals surface area contributed by atoms with Gasteiger partial charge in [0.15, 0.2) is 0 Å². The molecule has 3 nitrogen and oxygen atoms in total. The smallest absolute Gasteiger partial charge is 0.293 e. The summed E-state index contributed by atoms with van der Waals surface area (Å²) in [5.41, 5.74) is 0.858. The Balaban J connectivity index is 0.000000221. The Morgan fingerprint density at radius 3 is 2.88 bits per heavy atom. The molecule has 0 amide bonds. The first-order valence-electron chi connectivity index (χ1n) is 4.66. The number of hydrogen-bond donors (Lipinski definition) is 1. The van der Waals surface area contributed by atoms with Crippen LogP contribution in [0.3, 0.4) is 0 Å². The molecule has 1 aromatic heterocycles. The van der Waals surface area contributed by atoms with Gasteiger partial charge in [0, 0.05) is 17.1 Å². The summed E-state index contributed by atoms with van der Waals surface area (Å²) in [6, 6.07) is 4.47. The lowest BCUT2D eigenvalue weighted by molar-refractivity contribution is -0.128. The minimum atomic E-state index is -0.265. The second-order valence-corrected chi connectivity index (χ2v) is 3.29. The summed E-state index contributed by atoms with van der Waals surface area (Å²) in [7, 11) is 0. The first-order chi connectivity index (χ1) is 7.69. The molecule has 0 atom stereocenters. The van der Waals surface area contributed by atoms with Crippen molar-refractivity contribution in [3.63, 3.8) is 0 Å². The minimum absolute atomic E-state index is 0.265. The molecule has 0 fully saturated rings. The highest BCUT2D eigenvalue weighted by atomic mass is 35.5. The maximum atomic E-state index is 12.6. The van der Waals surface area contributed by atoms with Gasteiger partial charge in [-0.3, -0.25) is 4.79 Å². The fourth-order valence-electron chi connectivity index (χ4n) is 1.13. The molecule has 1 N–H and O–H groups in total. The van der Waals surface area contributed by atoms with Gasteiger partial charge < -0.3 is 9.72 Å². The largest absolute Gasteiger partial charge is 0.468 e. The Bertz CT molecular complexity index is 470. The molecule has 2 aromatic rings. The molecule has 0 saturated heterocycles. The average Bonchev–Trinajstić information content (AvgIpc) is 2.63. The molecule has 5 heteroatoms. The molecule has 1 heterocycles.